The smallest absolute Gasteiger partial charge is 0.0618 e. The zero-order valence-electron chi connectivity index (χ0n) is 36.1. The maximum atomic E-state index is 2.46. The summed E-state index contributed by atoms with van der Waals surface area (Å²) in [6.45, 7) is 0. The monoisotopic (exact) mass is 838 g/mol. The zero-order valence-corrected chi connectivity index (χ0v) is 36.1. The van der Waals surface area contributed by atoms with Crippen molar-refractivity contribution in [3.05, 3.63) is 255 Å². The first-order valence-electron chi connectivity index (χ1n) is 22.8. The van der Waals surface area contributed by atoms with Gasteiger partial charge in [0, 0.05) is 38.6 Å². The van der Waals surface area contributed by atoms with Gasteiger partial charge in [-0.2, -0.15) is 0 Å². The number of para-hydroxylation sites is 3. The molecule has 2 nitrogen and oxygen atoms in total. The minimum absolute atomic E-state index is 1.09. The molecule has 0 fully saturated rings. The molecule has 0 atom stereocenters. The average molecular weight is 839 g/mol. The number of benzene rings is 12. The molecule has 0 aliphatic rings. The van der Waals surface area contributed by atoms with Crippen molar-refractivity contribution in [2.75, 3.05) is 4.90 Å². The Balaban J connectivity index is 1.08. The van der Waals surface area contributed by atoms with Crippen LogP contribution >= 0.6 is 0 Å². The first-order valence-corrected chi connectivity index (χ1v) is 22.8. The Hall–Kier alpha value is -8.72. The second kappa shape index (κ2) is 15.5. The van der Waals surface area contributed by atoms with Crippen molar-refractivity contribution in [3.8, 4) is 39.1 Å². The Bertz CT molecular complexity index is 3810. The van der Waals surface area contributed by atoms with Crippen molar-refractivity contribution < 1.29 is 0 Å². The molecule has 1 aromatic heterocycles. The van der Waals surface area contributed by atoms with Crippen LogP contribution in [-0.2, 0) is 0 Å². The Morgan fingerprint density at radius 3 is 1.09 bits per heavy atom. The summed E-state index contributed by atoms with van der Waals surface area (Å²) >= 11 is 0. The van der Waals surface area contributed by atoms with E-state index in [1.54, 1.807) is 0 Å². The highest BCUT2D eigenvalue weighted by molar-refractivity contribution is 6.30. The average Bonchev–Trinajstić information content (AvgIpc) is 3.73. The van der Waals surface area contributed by atoms with E-state index >= 15 is 0 Å². The van der Waals surface area contributed by atoms with Gasteiger partial charge in [0.2, 0.25) is 0 Å². The molecule has 0 radical (unpaired) electrons. The van der Waals surface area contributed by atoms with Crippen LogP contribution in [-0.4, -0.2) is 4.57 Å². The van der Waals surface area contributed by atoms with E-state index in [0.29, 0.717) is 0 Å². The molecule has 0 unspecified atom stereocenters. The van der Waals surface area contributed by atoms with Gasteiger partial charge in [-0.25, -0.2) is 0 Å². The molecule has 13 aromatic rings. The maximum absolute atomic E-state index is 2.46. The van der Waals surface area contributed by atoms with Crippen LogP contribution in [0, 0.1) is 0 Å². The fourth-order valence-corrected chi connectivity index (χ4v) is 10.8. The molecular formula is C64H42N2. The van der Waals surface area contributed by atoms with Gasteiger partial charge < -0.3 is 9.47 Å². The van der Waals surface area contributed by atoms with Gasteiger partial charge >= 0.3 is 0 Å². The normalized spacial score (nSPS) is 11.6. The lowest BCUT2D eigenvalue weighted by molar-refractivity contribution is 1.17. The molecular weight excluding hydrogens is 797 g/mol. The molecule has 12 aromatic carbocycles. The summed E-state index contributed by atoms with van der Waals surface area (Å²) in [6, 6.07) is 93.3. The van der Waals surface area contributed by atoms with Crippen molar-refractivity contribution >= 4 is 82.0 Å². The summed E-state index contributed by atoms with van der Waals surface area (Å²) in [5.41, 5.74) is 14.3. The quantitative estimate of drug-likeness (QED) is 0.145. The SMILES string of the molecule is c1ccc(-c2ccccc2-c2c3ccccc3c(-c3c4ccccc4c(N(c4ccccc4)c4ccc(-n5c6ccccc6c6ccccc65)cc4)c4ccccc34)c3ccccc23)cc1. The number of hydrogen-bond donors (Lipinski definition) is 0. The zero-order chi connectivity index (χ0) is 43.6. The van der Waals surface area contributed by atoms with E-state index in [4.69, 9.17) is 0 Å². The molecule has 0 bridgehead atoms. The molecule has 308 valence electrons. The lowest BCUT2D eigenvalue weighted by Gasteiger charge is -2.30. The van der Waals surface area contributed by atoms with Crippen molar-refractivity contribution in [2.24, 2.45) is 0 Å². The first kappa shape index (κ1) is 37.8. The third-order valence-electron chi connectivity index (χ3n) is 13.5. The molecule has 0 saturated carbocycles. The van der Waals surface area contributed by atoms with Crippen molar-refractivity contribution in [1.82, 2.24) is 4.57 Å². The van der Waals surface area contributed by atoms with Crippen LogP contribution < -0.4 is 4.90 Å². The van der Waals surface area contributed by atoms with Crippen LogP contribution in [0.2, 0.25) is 0 Å². The molecule has 0 amide bonds. The van der Waals surface area contributed by atoms with E-state index in [1.165, 1.54) is 98.3 Å². The van der Waals surface area contributed by atoms with Crippen molar-refractivity contribution in [2.45, 2.75) is 0 Å². The van der Waals surface area contributed by atoms with Crippen LogP contribution in [0.5, 0.6) is 0 Å². The number of aromatic nitrogens is 1. The van der Waals surface area contributed by atoms with Crippen molar-refractivity contribution in [1.29, 1.82) is 0 Å². The Morgan fingerprint density at radius 2 is 0.591 bits per heavy atom. The Morgan fingerprint density at radius 1 is 0.242 bits per heavy atom. The minimum Gasteiger partial charge on any atom is -0.309 e. The number of rotatable bonds is 7. The van der Waals surface area contributed by atoms with Crippen LogP contribution in [0.25, 0.3) is 104 Å². The highest BCUT2D eigenvalue weighted by Gasteiger charge is 2.26. The summed E-state index contributed by atoms with van der Waals surface area (Å²) in [7, 11) is 0. The van der Waals surface area contributed by atoms with E-state index in [1.807, 2.05) is 0 Å². The van der Waals surface area contributed by atoms with Crippen molar-refractivity contribution in [3.63, 3.8) is 0 Å². The molecule has 1 heterocycles. The van der Waals surface area contributed by atoms with Gasteiger partial charge in [-0.05, 0) is 114 Å². The van der Waals surface area contributed by atoms with E-state index in [2.05, 4.69) is 264 Å². The predicted octanol–water partition coefficient (Wildman–Crippen LogP) is 17.9. The van der Waals surface area contributed by atoms with Gasteiger partial charge in [0.25, 0.3) is 0 Å². The minimum atomic E-state index is 1.09. The molecule has 2 heteroatoms. The number of nitrogens with zero attached hydrogens (tertiary/aromatic N) is 2. The first-order chi connectivity index (χ1) is 32.8. The Labute approximate surface area is 383 Å². The maximum Gasteiger partial charge on any atom is 0.0618 e. The highest BCUT2D eigenvalue weighted by Crippen LogP contribution is 2.52. The van der Waals surface area contributed by atoms with E-state index in [9.17, 15) is 0 Å². The molecule has 13 rings (SSSR count). The largest absolute Gasteiger partial charge is 0.309 e. The second-order valence-corrected chi connectivity index (χ2v) is 17.1. The predicted molar refractivity (Wildman–Crippen MR) is 282 cm³/mol. The van der Waals surface area contributed by atoms with Gasteiger partial charge in [0.1, 0.15) is 0 Å². The van der Waals surface area contributed by atoms with Gasteiger partial charge in [-0.1, -0.05) is 206 Å². The molecule has 0 aliphatic heterocycles. The summed E-state index contributed by atoms with van der Waals surface area (Å²) in [4.78, 5) is 2.46. The van der Waals surface area contributed by atoms with Gasteiger partial charge in [0.15, 0.2) is 0 Å². The van der Waals surface area contributed by atoms with Gasteiger partial charge in [-0.15, -0.1) is 0 Å². The third-order valence-corrected chi connectivity index (χ3v) is 13.5. The summed E-state index contributed by atoms with van der Waals surface area (Å²) in [5.74, 6) is 0. The molecule has 0 saturated heterocycles. The second-order valence-electron chi connectivity index (χ2n) is 17.1. The highest BCUT2D eigenvalue weighted by atomic mass is 15.1. The Kier molecular flexibility index (Phi) is 8.89. The summed E-state index contributed by atoms with van der Waals surface area (Å²) in [6.07, 6.45) is 0. The molecule has 66 heavy (non-hydrogen) atoms. The fourth-order valence-electron chi connectivity index (χ4n) is 10.8. The third kappa shape index (κ3) is 5.89. The topological polar surface area (TPSA) is 8.17 Å². The van der Waals surface area contributed by atoms with Gasteiger partial charge in [-0.3, -0.25) is 0 Å². The van der Waals surface area contributed by atoms with Crippen LogP contribution in [0.15, 0.2) is 255 Å². The summed E-state index contributed by atoms with van der Waals surface area (Å²) in [5, 5.41) is 12.3. The number of anilines is 3. The van der Waals surface area contributed by atoms with Crippen LogP contribution in [0.1, 0.15) is 0 Å². The number of fused-ring (bicyclic) bond motifs is 7. The summed E-state index contributed by atoms with van der Waals surface area (Å²) < 4.78 is 2.39. The molecule has 0 N–H and O–H groups in total. The lowest BCUT2D eigenvalue weighted by atomic mass is 9.81. The standard InChI is InChI=1S/C64H42N2/c1-3-21-43(22-4-1)47-25-7-8-28-50(47)61-51-29-9-11-31-53(51)62(54-32-12-10-30-52(54)61)63-55-33-13-15-35-57(55)64(58-36-16-14-34-56(58)63)65(44-23-5-2-6-24-44)45-39-41-46(42-40-45)66-59-37-19-17-26-48(59)49-27-18-20-38-60(49)66/h1-42H. The van der Waals surface area contributed by atoms with E-state index in [0.717, 1.165) is 22.7 Å². The van der Waals surface area contributed by atoms with E-state index in [-0.39, 0.29) is 0 Å². The van der Waals surface area contributed by atoms with Gasteiger partial charge in [0.05, 0.1) is 16.7 Å². The fraction of sp³-hybridized carbons (Fsp3) is 0. The van der Waals surface area contributed by atoms with E-state index < -0.39 is 0 Å². The lowest BCUT2D eigenvalue weighted by Crippen LogP contribution is -2.11. The van der Waals surface area contributed by atoms with Crippen LogP contribution in [0.4, 0.5) is 17.1 Å². The number of hydrogen-bond acceptors (Lipinski definition) is 1. The molecule has 0 aliphatic carbocycles. The van der Waals surface area contributed by atoms with Crippen LogP contribution in [0.3, 0.4) is 0 Å². The molecule has 0 spiro atoms.